The van der Waals surface area contributed by atoms with Gasteiger partial charge in [-0.2, -0.15) is 0 Å². The van der Waals surface area contributed by atoms with E-state index in [-0.39, 0.29) is 5.91 Å². The van der Waals surface area contributed by atoms with Crippen LogP contribution in [0.3, 0.4) is 0 Å². The van der Waals surface area contributed by atoms with E-state index in [1.54, 1.807) is 0 Å². The van der Waals surface area contributed by atoms with Gasteiger partial charge in [-0.1, -0.05) is 31.5 Å². The molecule has 0 radical (unpaired) electrons. The highest BCUT2D eigenvalue weighted by atomic mass is 35.5. The second kappa shape index (κ2) is 8.90. The molecule has 0 saturated carbocycles. The summed E-state index contributed by atoms with van der Waals surface area (Å²) >= 11 is 6.33. The van der Waals surface area contributed by atoms with Crippen molar-refractivity contribution in [1.29, 1.82) is 0 Å². The van der Waals surface area contributed by atoms with Crippen LogP contribution in [0, 0.1) is 5.92 Å². The van der Waals surface area contributed by atoms with Crippen molar-refractivity contribution < 1.29 is 4.79 Å². The van der Waals surface area contributed by atoms with Crippen molar-refractivity contribution in [3.8, 4) is 0 Å². The molecule has 2 N–H and O–H groups in total. The molecule has 0 saturated heterocycles. The second-order valence-corrected chi connectivity index (χ2v) is 6.03. The first kappa shape index (κ1) is 17.8. The van der Waals surface area contributed by atoms with E-state index in [1.807, 2.05) is 37.1 Å². The van der Waals surface area contributed by atoms with Gasteiger partial charge in [0.25, 0.3) is 0 Å². The minimum atomic E-state index is -0.00116. The normalized spacial score (nSPS) is 10.8. The lowest BCUT2D eigenvalue weighted by Crippen LogP contribution is -2.35. The average molecular weight is 312 g/mol. The average Bonchev–Trinajstić information content (AvgIpc) is 2.38. The van der Waals surface area contributed by atoms with Gasteiger partial charge in [-0.25, -0.2) is 0 Å². The standard InChI is InChI=1S/C16H26ClN3O/c1-5-19-16(21)11-20(4)15-7-6-13(8-14(15)17)10-18-9-12(2)3/h6-8,12,18H,5,9-11H2,1-4H3,(H,19,21). The summed E-state index contributed by atoms with van der Waals surface area (Å²) < 4.78 is 0. The summed E-state index contributed by atoms with van der Waals surface area (Å²) in [4.78, 5) is 13.5. The molecule has 118 valence electrons. The predicted octanol–water partition coefficient (Wildman–Crippen LogP) is 2.66. The van der Waals surface area contributed by atoms with E-state index in [2.05, 4.69) is 24.5 Å². The summed E-state index contributed by atoms with van der Waals surface area (Å²) in [5, 5.41) is 6.84. The van der Waals surface area contributed by atoms with Crippen molar-refractivity contribution in [3.63, 3.8) is 0 Å². The van der Waals surface area contributed by atoms with Gasteiger partial charge in [0.05, 0.1) is 17.3 Å². The zero-order valence-electron chi connectivity index (χ0n) is 13.4. The summed E-state index contributed by atoms with van der Waals surface area (Å²) in [5.41, 5.74) is 2.02. The summed E-state index contributed by atoms with van der Waals surface area (Å²) in [5.74, 6) is 0.627. The lowest BCUT2D eigenvalue weighted by molar-refractivity contribution is -0.119. The molecule has 0 bridgehead atoms. The molecule has 4 nitrogen and oxygen atoms in total. The fourth-order valence-corrected chi connectivity index (χ4v) is 2.38. The van der Waals surface area contributed by atoms with Gasteiger partial charge in [0.2, 0.25) is 5.91 Å². The van der Waals surface area contributed by atoms with Crippen molar-refractivity contribution >= 4 is 23.2 Å². The van der Waals surface area contributed by atoms with Crippen molar-refractivity contribution in [2.75, 3.05) is 31.6 Å². The van der Waals surface area contributed by atoms with Gasteiger partial charge in [-0.3, -0.25) is 4.79 Å². The predicted molar refractivity (Wildman–Crippen MR) is 90.0 cm³/mol. The minimum Gasteiger partial charge on any atom is -0.364 e. The van der Waals surface area contributed by atoms with Crippen LogP contribution in [0.4, 0.5) is 5.69 Å². The number of likely N-dealkylation sites (N-methyl/N-ethyl adjacent to an activating group) is 2. The highest BCUT2D eigenvalue weighted by Gasteiger charge is 2.10. The number of carbonyl (C=O) groups excluding carboxylic acids is 1. The number of hydrogen-bond acceptors (Lipinski definition) is 3. The fourth-order valence-electron chi connectivity index (χ4n) is 2.03. The molecule has 0 aliphatic heterocycles. The number of rotatable bonds is 8. The lowest BCUT2D eigenvalue weighted by Gasteiger charge is -2.20. The number of benzene rings is 1. The zero-order valence-corrected chi connectivity index (χ0v) is 14.1. The van der Waals surface area contributed by atoms with Crippen molar-refractivity contribution in [2.45, 2.75) is 27.3 Å². The van der Waals surface area contributed by atoms with Gasteiger partial charge in [0, 0.05) is 20.1 Å². The third-order valence-corrected chi connectivity index (χ3v) is 3.36. The quantitative estimate of drug-likeness (QED) is 0.776. The molecule has 0 heterocycles. The number of nitrogens with one attached hydrogen (secondary N) is 2. The highest BCUT2D eigenvalue weighted by Crippen LogP contribution is 2.25. The maximum atomic E-state index is 11.6. The van der Waals surface area contributed by atoms with Crippen LogP contribution in [-0.2, 0) is 11.3 Å². The van der Waals surface area contributed by atoms with E-state index < -0.39 is 0 Å². The maximum Gasteiger partial charge on any atom is 0.239 e. The van der Waals surface area contributed by atoms with Crippen LogP contribution in [0.15, 0.2) is 18.2 Å². The van der Waals surface area contributed by atoms with Gasteiger partial charge >= 0.3 is 0 Å². The van der Waals surface area contributed by atoms with Gasteiger partial charge in [-0.15, -0.1) is 0 Å². The molecule has 0 unspecified atom stereocenters. The Bertz CT molecular complexity index is 463. The Hall–Kier alpha value is -1.26. The van der Waals surface area contributed by atoms with Gasteiger partial charge < -0.3 is 15.5 Å². The van der Waals surface area contributed by atoms with E-state index in [9.17, 15) is 4.79 Å². The number of carbonyl (C=O) groups is 1. The van der Waals surface area contributed by atoms with Crippen LogP contribution in [0.25, 0.3) is 0 Å². The van der Waals surface area contributed by atoms with E-state index in [0.717, 1.165) is 24.3 Å². The molecule has 0 aromatic heterocycles. The molecule has 0 atom stereocenters. The smallest absolute Gasteiger partial charge is 0.239 e. The molecule has 0 aliphatic rings. The van der Waals surface area contributed by atoms with E-state index >= 15 is 0 Å². The zero-order chi connectivity index (χ0) is 15.8. The molecule has 1 aromatic rings. The van der Waals surface area contributed by atoms with Gasteiger partial charge in [-0.05, 0) is 37.1 Å². The molecular formula is C16H26ClN3O. The number of nitrogens with zero attached hydrogens (tertiary/aromatic N) is 1. The molecule has 21 heavy (non-hydrogen) atoms. The van der Waals surface area contributed by atoms with Crippen LogP contribution in [0.1, 0.15) is 26.3 Å². The van der Waals surface area contributed by atoms with Crippen molar-refractivity contribution in [2.24, 2.45) is 5.92 Å². The monoisotopic (exact) mass is 311 g/mol. The largest absolute Gasteiger partial charge is 0.364 e. The second-order valence-electron chi connectivity index (χ2n) is 5.62. The van der Waals surface area contributed by atoms with Crippen LogP contribution < -0.4 is 15.5 Å². The molecule has 5 heteroatoms. The molecule has 0 spiro atoms. The number of amides is 1. The summed E-state index contributed by atoms with van der Waals surface area (Å²) in [6.45, 7) is 9.00. The fraction of sp³-hybridized carbons (Fsp3) is 0.562. The Morgan fingerprint density at radius 2 is 2.10 bits per heavy atom. The van der Waals surface area contributed by atoms with Crippen LogP contribution in [0.5, 0.6) is 0 Å². The minimum absolute atomic E-state index is 0.00116. The van der Waals surface area contributed by atoms with Gasteiger partial charge in [0.15, 0.2) is 0 Å². The Morgan fingerprint density at radius 3 is 2.67 bits per heavy atom. The molecule has 0 fully saturated rings. The third-order valence-electron chi connectivity index (χ3n) is 3.06. The van der Waals surface area contributed by atoms with Gasteiger partial charge in [0.1, 0.15) is 0 Å². The Kier molecular flexibility index (Phi) is 7.54. The van der Waals surface area contributed by atoms with Crippen LogP contribution in [-0.4, -0.2) is 32.6 Å². The van der Waals surface area contributed by atoms with Crippen LogP contribution >= 0.6 is 11.6 Å². The Labute approximate surface area is 132 Å². The van der Waals surface area contributed by atoms with E-state index in [4.69, 9.17) is 11.6 Å². The van der Waals surface area contributed by atoms with Crippen molar-refractivity contribution in [3.05, 3.63) is 28.8 Å². The number of halogens is 1. The number of hydrogen-bond donors (Lipinski definition) is 2. The van der Waals surface area contributed by atoms with Crippen LogP contribution in [0.2, 0.25) is 5.02 Å². The topological polar surface area (TPSA) is 44.4 Å². The first-order valence-electron chi connectivity index (χ1n) is 7.41. The summed E-state index contributed by atoms with van der Waals surface area (Å²) in [6, 6.07) is 5.97. The Balaban J connectivity index is 2.62. The molecule has 1 amide bonds. The molecule has 1 aromatic carbocycles. The molecular weight excluding hydrogens is 286 g/mol. The SMILES string of the molecule is CCNC(=O)CN(C)c1ccc(CNCC(C)C)cc1Cl. The van der Waals surface area contributed by atoms with Crippen molar-refractivity contribution in [1.82, 2.24) is 10.6 Å². The molecule has 1 rings (SSSR count). The van der Waals surface area contributed by atoms with E-state index in [0.29, 0.717) is 24.0 Å². The first-order valence-corrected chi connectivity index (χ1v) is 7.78. The first-order chi connectivity index (χ1) is 9.93. The summed E-state index contributed by atoms with van der Waals surface area (Å²) in [7, 11) is 1.87. The Morgan fingerprint density at radius 1 is 1.38 bits per heavy atom. The lowest BCUT2D eigenvalue weighted by atomic mass is 10.1. The number of anilines is 1. The molecule has 0 aliphatic carbocycles. The van der Waals surface area contributed by atoms with E-state index in [1.165, 1.54) is 0 Å². The maximum absolute atomic E-state index is 11.6. The third kappa shape index (κ3) is 6.36. The highest BCUT2D eigenvalue weighted by molar-refractivity contribution is 6.33. The summed E-state index contributed by atoms with van der Waals surface area (Å²) in [6.07, 6.45) is 0.